The molecule has 3 heterocycles. The summed E-state index contributed by atoms with van der Waals surface area (Å²) in [5, 5.41) is 0. The number of likely N-dealkylation sites (tertiary alicyclic amines) is 1. The quantitative estimate of drug-likeness (QED) is 0.836. The Morgan fingerprint density at radius 1 is 1.32 bits per heavy atom. The van der Waals surface area contributed by atoms with Gasteiger partial charge in [-0.05, 0) is 42.9 Å². The van der Waals surface area contributed by atoms with Crippen molar-refractivity contribution in [2.75, 3.05) is 26.0 Å². The van der Waals surface area contributed by atoms with Crippen LogP contribution in [0.4, 0.5) is 0 Å². The molecule has 0 unspecified atom stereocenters. The average molecular weight is 375 g/mol. The predicted octanol–water partition coefficient (Wildman–Crippen LogP) is 3.50. The smallest absolute Gasteiger partial charge is 0.263 e. The minimum atomic E-state index is 0.0389. The van der Waals surface area contributed by atoms with Crippen molar-refractivity contribution in [2.45, 2.75) is 29.0 Å². The molecule has 0 atom stereocenters. The molecule has 132 valence electrons. The van der Waals surface area contributed by atoms with Crippen LogP contribution in [0.1, 0.15) is 33.6 Å². The van der Waals surface area contributed by atoms with Crippen LogP contribution in [0, 0.1) is 0 Å². The minimum Gasteiger partial charge on any atom is -0.492 e. The highest BCUT2D eigenvalue weighted by Crippen LogP contribution is 2.46. The molecule has 0 radical (unpaired) electrons. The molecule has 2 aliphatic rings. The monoisotopic (exact) mass is 374 g/mol. The lowest BCUT2D eigenvalue weighted by molar-refractivity contribution is 0.0651. The van der Waals surface area contributed by atoms with Gasteiger partial charge in [-0.15, -0.1) is 23.1 Å². The maximum atomic E-state index is 12.8. The lowest BCUT2D eigenvalue weighted by atomic mass is 9.74. The molecular formula is C19H22N2O2S2. The zero-order valence-electron chi connectivity index (χ0n) is 14.3. The largest absolute Gasteiger partial charge is 0.492 e. The Labute approximate surface area is 156 Å². The fraction of sp³-hybridized carbons (Fsp3) is 0.421. The number of ether oxygens (including phenoxy) is 1. The highest BCUT2D eigenvalue weighted by atomic mass is 32.2. The van der Waals surface area contributed by atoms with Crippen molar-refractivity contribution in [3.05, 3.63) is 46.3 Å². The summed E-state index contributed by atoms with van der Waals surface area (Å²) in [5.41, 5.74) is 8.27. The molecule has 1 saturated heterocycles. The number of hydrogen-bond donors (Lipinski definition) is 1. The first-order valence-corrected chi connectivity index (χ1v) is 10.6. The van der Waals surface area contributed by atoms with Gasteiger partial charge in [0.05, 0.1) is 15.7 Å². The Bertz CT molecular complexity index is 794. The number of benzene rings is 1. The number of carbonyl (C=O) groups is 1. The molecule has 1 aromatic carbocycles. The second-order valence-corrected chi connectivity index (χ2v) is 8.91. The summed E-state index contributed by atoms with van der Waals surface area (Å²) in [7, 11) is 0. The molecule has 0 bridgehead atoms. The molecular weight excluding hydrogens is 352 g/mol. The number of fused-ring (bicyclic) bond motifs is 2. The predicted molar refractivity (Wildman–Crippen MR) is 103 cm³/mol. The van der Waals surface area contributed by atoms with Gasteiger partial charge in [0.15, 0.2) is 0 Å². The number of carbonyl (C=O) groups excluding carboxylic acids is 1. The molecule has 4 nitrogen and oxygen atoms in total. The minimum absolute atomic E-state index is 0.0389. The fourth-order valence-electron chi connectivity index (χ4n) is 3.79. The van der Waals surface area contributed by atoms with Gasteiger partial charge in [0.2, 0.25) is 0 Å². The van der Waals surface area contributed by atoms with Crippen molar-refractivity contribution in [1.29, 1.82) is 0 Å². The Hall–Kier alpha value is -1.50. The number of rotatable bonds is 3. The summed E-state index contributed by atoms with van der Waals surface area (Å²) >= 11 is 3.27. The van der Waals surface area contributed by atoms with Crippen molar-refractivity contribution in [3.8, 4) is 5.75 Å². The van der Waals surface area contributed by atoms with E-state index in [-0.39, 0.29) is 11.3 Å². The maximum absolute atomic E-state index is 12.8. The Kier molecular flexibility index (Phi) is 4.52. The van der Waals surface area contributed by atoms with E-state index in [1.807, 2.05) is 35.4 Å². The van der Waals surface area contributed by atoms with E-state index in [4.69, 9.17) is 10.5 Å². The van der Waals surface area contributed by atoms with Crippen LogP contribution in [0.25, 0.3) is 0 Å². The van der Waals surface area contributed by atoms with E-state index in [1.54, 1.807) is 23.1 Å². The normalized spacial score (nSPS) is 18.2. The number of piperidine rings is 1. The van der Waals surface area contributed by atoms with E-state index >= 15 is 0 Å². The van der Waals surface area contributed by atoms with E-state index < -0.39 is 0 Å². The number of thioether (sulfide) groups is 1. The van der Waals surface area contributed by atoms with E-state index in [1.165, 1.54) is 9.77 Å². The molecule has 6 heteroatoms. The first-order chi connectivity index (χ1) is 12.1. The molecule has 0 aliphatic carbocycles. The Morgan fingerprint density at radius 3 is 2.80 bits per heavy atom. The van der Waals surface area contributed by atoms with Crippen LogP contribution >= 0.6 is 23.1 Å². The van der Waals surface area contributed by atoms with Gasteiger partial charge in [-0.2, -0.15) is 0 Å². The van der Waals surface area contributed by atoms with Crippen molar-refractivity contribution in [2.24, 2.45) is 5.73 Å². The Morgan fingerprint density at radius 2 is 2.12 bits per heavy atom. The summed E-state index contributed by atoms with van der Waals surface area (Å²) in [4.78, 5) is 15.6. The van der Waals surface area contributed by atoms with E-state index in [0.29, 0.717) is 13.2 Å². The molecule has 1 fully saturated rings. The number of thiophene rings is 1. The molecule has 25 heavy (non-hydrogen) atoms. The van der Waals surface area contributed by atoms with Crippen molar-refractivity contribution < 1.29 is 9.53 Å². The van der Waals surface area contributed by atoms with Crippen LogP contribution < -0.4 is 10.5 Å². The molecule has 4 rings (SSSR count). The van der Waals surface area contributed by atoms with Gasteiger partial charge in [0.1, 0.15) is 5.75 Å². The molecule has 0 saturated carbocycles. The highest BCUT2D eigenvalue weighted by Gasteiger charge is 2.44. The van der Waals surface area contributed by atoms with Crippen molar-refractivity contribution in [3.63, 3.8) is 0 Å². The summed E-state index contributed by atoms with van der Waals surface area (Å²) < 4.78 is 7.13. The van der Waals surface area contributed by atoms with Gasteiger partial charge in [-0.25, -0.2) is 0 Å². The summed E-state index contributed by atoms with van der Waals surface area (Å²) in [6.07, 6.45) is 3.93. The third kappa shape index (κ3) is 2.96. The second kappa shape index (κ2) is 6.67. The Balaban J connectivity index is 1.50. The molecule has 1 amide bonds. The SMILES string of the molecule is CSc1ccc(C(=O)N2CCC3(CC2)COc2ccc(CN)cc23)s1. The highest BCUT2D eigenvalue weighted by molar-refractivity contribution is 8.00. The average Bonchev–Trinajstić information content (AvgIpc) is 3.27. The van der Waals surface area contributed by atoms with Crippen molar-refractivity contribution in [1.82, 2.24) is 4.90 Å². The van der Waals surface area contributed by atoms with Gasteiger partial charge in [-0.3, -0.25) is 4.79 Å². The van der Waals surface area contributed by atoms with Crippen molar-refractivity contribution >= 4 is 29.0 Å². The third-order valence-electron chi connectivity index (χ3n) is 5.36. The third-order valence-corrected chi connectivity index (χ3v) is 7.51. The number of nitrogens with zero attached hydrogens (tertiary/aromatic N) is 1. The van der Waals surface area contributed by atoms with Crippen LogP contribution in [-0.2, 0) is 12.0 Å². The van der Waals surface area contributed by atoms with Gasteiger partial charge in [-0.1, -0.05) is 12.1 Å². The number of nitrogens with two attached hydrogens (primary N) is 1. The van der Waals surface area contributed by atoms with Gasteiger partial charge in [0, 0.05) is 30.6 Å². The van der Waals surface area contributed by atoms with Gasteiger partial charge >= 0.3 is 0 Å². The molecule has 2 aromatic rings. The first kappa shape index (κ1) is 16.9. The summed E-state index contributed by atoms with van der Waals surface area (Å²) in [6, 6.07) is 10.3. The van der Waals surface area contributed by atoms with Gasteiger partial charge < -0.3 is 15.4 Å². The topological polar surface area (TPSA) is 55.6 Å². The number of hydrogen-bond acceptors (Lipinski definition) is 5. The van der Waals surface area contributed by atoms with Crippen LogP contribution in [0.3, 0.4) is 0 Å². The molecule has 1 aromatic heterocycles. The van der Waals surface area contributed by atoms with Crippen LogP contribution in [0.15, 0.2) is 34.5 Å². The van der Waals surface area contributed by atoms with E-state index in [2.05, 4.69) is 6.07 Å². The fourth-order valence-corrected chi connectivity index (χ4v) is 5.30. The zero-order chi connectivity index (χ0) is 17.4. The van der Waals surface area contributed by atoms with E-state index in [9.17, 15) is 4.79 Å². The van der Waals surface area contributed by atoms with Gasteiger partial charge in [0.25, 0.3) is 5.91 Å². The summed E-state index contributed by atoms with van der Waals surface area (Å²) in [5.74, 6) is 1.15. The van der Waals surface area contributed by atoms with Crippen LogP contribution in [-0.4, -0.2) is 36.8 Å². The second-order valence-electron chi connectivity index (χ2n) is 6.72. The molecule has 2 aliphatic heterocycles. The van der Waals surface area contributed by atoms with Crippen LogP contribution in [0.2, 0.25) is 0 Å². The maximum Gasteiger partial charge on any atom is 0.263 e. The molecule has 2 N–H and O–H groups in total. The van der Waals surface area contributed by atoms with Crippen LogP contribution in [0.5, 0.6) is 5.75 Å². The standard InChI is InChI=1S/C19H22N2O2S2/c1-24-17-5-4-16(25-17)18(22)21-8-6-19(7-9-21)12-23-15-3-2-13(11-20)10-14(15)19/h2-5,10H,6-9,11-12,20H2,1H3. The first-order valence-electron chi connectivity index (χ1n) is 8.54. The zero-order valence-corrected chi connectivity index (χ0v) is 15.9. The lowest BCUT2D eigenvalue weighted by Gasteiger charge is -2.38. The van der Waals surface area contributed by atoms with E-state index in [0.717, 1.165) is 42.1 Å². The summed E-state index contributed by atoms with van der Waals surface area (Å²) in [6.45, 7) is 2.82. The number of amides is 1. The lowest BCUT2D eigenvalue weighted by Crippen LogP contribution is -2.45. The molecule has 1 spiro atoms.